The Bertz CT molecular complexity index is 427. The molecule has 2 aliphatic heterocycles. The largest absolute Gasteiger partial charge is 0.398 e. The number of hydrogen-bond acceptors (Lipinski definition) is 3. The van der Waals surface area contributed by atoms with E-state index in [9.17, 15) is 0 Å². The molecule has 19 heavy (non-hydrogen) atoms. The summed E-state index contributed by atoms with van der Waals surface area (Å²) in [6.07, 6.45) is 6.62. The van der Waals surface area contributed by atoms with Crippen molar-refractivity contribution in [2.45, 2.75) is 44.8 Å². The zero-order valence-electron chi connectivity index (χ0n) is 11.6. The molecule has 0 bridgehead atoms. The maximum Gasteiger partial charge on any atom is 0.0576 e. The summed E-state index contributed by atoms with van der Waals surface area (Å²) in [5, 5.41) is 0. The van der Waals surface area contributed by atoms with E-state index in [1.165, 1.54) is 43.4 Å². The molecule has 3 heteroatoms. The summed E-state index contributed by atoms with van der Waals surface area (Å²) in [5.74, 6) is 0. The third-order valence-electron chi connectivity index (χ3n) is 4.41. The van der Waals surface area contributed by atoms with Crippen LogP contribution in [0.1, 0.15) is 36.8 Å². The number of ether oxygens (including phenoxy) is 1. The van der Waals surface area contributed by atoms with Gasteiger partial charge in [-0.3, -0.25) is 4.90 Å². The number of nitrogens with two attached hydrogens (primary N) is 1. The second kappa shape index (κ2) is 5.93. The van der Waals surface area contributed by atoms with Crippen LogP contribution in [0.3, 0.4) is 0 Å². The van der Waals surface area contributed by atoms with Crippen LogP contribution in [0, 0.1) is 0 Å². The fourth-order valence-electron chi connectivity index (χ4n) is 3.30. The van der Waals surface area contributed by atoms with Gasteiger partial charge in [0.15, 0.2) is 0 Å². The van der Waals surface area contributed by atoms with Gasteiger partial charge in [-0.1, -0.05) is 12.1 Å². The zero-order valence-corrected chi connectivity index (χ0v) is 11.6. The van der Waals surface area contributed by atoms with Crippen molar-refractivity contribution >= 4 is 5.69 Å². The van der Waals surface area contributed by atoms with E-state index in [1.807, 2.05) is 6.07 Å². The minimum Gasteiger partial charge on any atom is -0.398 e. The lowest BCUT2D eigenvalue weighted by molar-refractivity contribution is 0.0980. The summed E-state index contributed by atoms with van der Waals surface area (Å²) in [4.78, 5) is 2.55. The first-order chi connectivity index (χ1) is 9.33. The first-order valence-electron chi connectivity index (χ1n) is 7.53. The fourth-order valence-corrected chi connectivity index (χ4v) is 3.30. The van der Waals surface area contributed by atoms with E-state index in [2.05, 4.69) is 17.0 Å². The Kier molecular flexibility index (Phi) is 4.04. The van der Waals surface area contributed by atoms with Crippen LogP contribution < -0.4 is 5.73 Å². The number of benzene rings is 1. The molecule has 2 N–H and O–H groups in total. The summed E-state index contributed by atoms with van der Waals surface area (Å²) >= 11 is 0. The molecular weight excluding hydrogens is 236 g/mol. The minimum absolute atomic E-state index is 0.535. The van der Waals surface area contributed by atoms with Gasteiger partial charge < -0.3 is 10.5 Å². The molecule has 1 atom stereocenters. The van der Waals surface area contributed by atoms with Crippen LogP contribution in [0.2, 0.25) is 0 Å². The normalized spacial score (nSPS) is 23.5. The molecule has 0 saturated carbocycles. The molecule has 0 amide bonds. The van der Waals surface area contributed by atoms with E-state index < -0.39 is 0 Å². The Labute approximate surface area is 115 Å². The second-order valence-corrected chi connectivity index (χ2v) is 5.79. The van der Waals surface area contributed by atoms with Crippen LogP contribution in [0.4, 0.5) is 5.69 Å². The number of anilines is 1. The van der Waals surface area contributed by atoms with Gasteiger partial charge in [0.25, 0.3) is 0 Å². The Morgan fingerprint density at radius 1 is 1.37 bits per heavy atom. The second-order valence-electron chi connectivity index (χ2n) is 5.79. The number of nitrogen functional groups attached to an aromatic ring is 1. The number of nitrogens with zero attached hydrogens (tertiary/aromatic N) is 1. The highest BCUT2D eigenvalue weighted by Crippen LogP contribution is 2.24. The van der Waals surface area contributed by atoms with Gasteiger partial charge in [0, 0.05) is 25.4 Å². The molecule has 2 aliphatic rings. The van der Waals surface area contributed by atoms with Crippen molar-refractivity contribution in [3.63, 3.8) is 0 Å². The third-order valence-corrected chi connectivity index (χ3v) is 4.41. The standard InChI is InChI=1S/C16H24N2O/c17-16-7-1-4-13-12-18(10-8-15(13)16)9-2-5-14-6-3-11-19-14/h1,4,7,14H,2-3,5-6,8-12,17H2. The van der Waals surface area contributed by atoms with Crippen LogP contribution in [0.15, 0.2) is 18.2 Å². The molecule has 1 aromatic carbocycles. The highest BCUT2D eigenvalue weighted by Gasteiger charge is 2.19. The predicted molar refractivity (Wildman–Crippen MR) is 78.0 cm³/mol. The highest BCUT2D eigenvalue weighted by molar-refractivity contribution is 5.51. The summed E-state index contributed by atoms with van der Waals surface area (Å²) in [7, 11) is 0. The number of fused-ring (bicyclic) bond motifs is 1. The molecule has 104 valence electrons. The van der Waals surface area contributed by atoms with Gasteiger partial charge in [0.1, 0.15) is 0 Å². The third kappa shape index (κ3) is 3.10. The van der Waals surface area contributed by atoms with E-state index in [1.54, 1.807) is 0 Å². The van der Waals surface area contributed by atoms with Gasteiger partial charge in [0.05, 0.1) is 6.10 Å². The van der Waals surface area contributed by atoms with Gasteiger partial charge in [0.2, 0.25) is 0 Å². The summed E-state index contributed by atoms with van der Waals surface area (Å²) in [6, 6.07) is 6.31. The zero-order chi connectivity index (χ0) is 13.1. The molecular formula is C16H24N2O. The van der Waals surface area contributed by atoms with Crippen molar-refractivity contribution in [2.75, 3.05) is 25.4 Å². The predicted octanol–water partition coefficient (Wildman–Crippen LogP) is 2.59. The Morgan fingerprint density at radius 3 is 3.16 bits per heavy atom. The molecule has 1 saturated heterocycles. The van der Waals surface area contributed by atoms with Crippen molar-refractivity contribution < 1.29 is 4.74 Å². The van der Waals surface area contributed by atoms with Crippen molar-refractivity contribution in [1.82, 2.24) is 4.90 Å². The van der Waals surface area contributed by atoms with Crippen LogP contribution in [-0.4, -0.2) is 30.7 Å². The van der Waals surface area contributed by atoms with E-state index in [0.717, 1.165) is 31.8 Å². The van der Waals surface area contributed by atoms with Crippen LogP contribution in [0.5, 0.6) is 0 Å². The lowest BCUT2D eigenvalue weighted by Crippen LogP contribution is -2.32. The van der Waals surface area contributed by atoms with Gasteiger partial charge in [-0.2, -0.15) is 0 Å². The molecule has 1 unspecified atom stereocenters. The average Bonchev–Trinajstić information content (AvgIpc) is 2.92. The summed E-state index contributed by atoms with van der Waals surface area (Å²) < 4.78 is 5.68. The monoisotopic (exact) mass is 260 g/mol. The average molecular weight is 260 g/mol. The van der Waals surface area contributed by atoms with Gasteiger partial charge >= 0.3 is 0 Å². The van der Waals surface area contributed by atoms with Crippen LogP contribution >= 0.6 is 0 Å². The molecule has 1 fully saturated rings. The highest BCUT2D eigenvalue weighted by atomic mass is 16.5. The van der Waals surface area contributed by atoms with Crippen LogP contribution in [0.25, 0.3) is 0 Å². The van der Waals surface area contributed by atoms with E-state index in [-0.39, 0.29) is 0 Å². The fraction of sp³-hybridized carbons (Fsp3) is 0.625. The van der Waals surface area contributed by atoms with E-state index in [0.29, 0.717) is 6.10 Å². The van der Waals surface area contributed by atoms with Crippen molar-refractivity contribution in [1.29, 1.82) is 0 Å². The first-order valence-corrected chi connectivity index (χ1v) is 7.53. The number of hydrogen-bond donors (Lipinski definition) is 1. The molecule has 0 aliphatic carbocycles. The summed E-state index contributed by atoms with van der Waals surface area (Å²) in [6.45, 7) is 4.37. The van der Waals surface area contributed by atoms with Gasteiger partial charge in [-0.05, 0) is 55.8 Å². The Hall–Kier alpha value is -1.06. The quantitative estimate of drug-likeness (QED) is 0.846. The lowest BCUT2D eigenvalue weighted by Gasteiger charge is -2.29. The molecule has 3 rings (SSSR count). The van der Waals surface area contributed by atoms with Crippen LogP contribution in [-0.2, 0) is 17.7 Å². The Balaban J connectivity index is 1.48. The maximum atomic E-state index is 6.03. The number of rotatable bonds is 4. The summed E-state index contributed by atoms with van der Waals surface area (Å²) in [5.41, 5.74) is 9.80. The SMILES string of the molecule is Nc1cccc2c1CCN(CCCC1CCCO1)C2. The van der Waals surface area contributed by atoms with Gasteiger partial charge in [-0.25, -0.2) is 0 Å². The van der Waals surface area contributed by atoms with E-state index >= 15 is 0 Å². The van der Waals surface area contributed by atoms with E-state index in [4.69, 9.17) is 10.5 Å². The topological polar surface area (TPSA) is 38.5 Å². The molecule has 0 radical (unpaired) electrons. The minimum atomic E-state index is 0.535. The van der Waals surface area contributed by atoms with Crippen molar-refractivity contribution in [3.8, 4) is 0 Å². The maximum absolute atomic E-state index is 6.03. The smallest absolute Gasteiger partial charge is 0.0576 e. The Morgan fingerprint density at radius 2 is 2.32 bits per heavy atom. The first kappa shape index (κ1) is 12.9. The molecule has 1 aromatic rings. The molecule has 0 aromatic heterocycles. The molecule has 3 nitrogen and oxygen atoms in total. The van der Waals surface area contributed by atoms with Crippen molar-refractivity contribution in [3.05, 3.63) is 29.3 Å². The molecule has 2 heterocycles. The van der Waals surface area contributed by atoms with Crippen molar-refractivity contribution in [2.24, 2.45) is 0 Å². The molecule has 0 spiro atoms. The van der Waals surface area contributed by atoms with Gasteiger partial charge in [-0.15, -0.1) is 0 Å². The lowest BCUT2D eigenvalue weighted by atomic mass is 9.98.